The molecule has 0 spiro atoms. The third-order valence-corrected chi connectivity index (χ3v) is 3.59. The zero-order valence-electron chi connectivity index (χ0n) is 15.4. The average Bonchev–Trinajstić information content (AvgIpc) is 2.63. The van der Waals surface area contributed by atoms with Crippen LogP contribution in [0.2, 0.25) is 0 Å². The summed E-state index contributed by atoms with van der Waals surface area (Å²) in [6.45, 7) is 7.47. The minimum absolute atomic E-state index is 0.381. The number of hydrogen-bond donors (Lipinski definition) is 0. The van der Waals surface area contributed by atoms with Gasteiger partial charge < -0.3 is 9.47 Å². The fourth-order valence-corrected chi connectivity index (χ4v) is 2.39. The van der Waals surface area contributed by atoms with Gasteiger partial charge in [0.2, 0.25) is 0 Å². The first-order chi connectivity index (χ1) is 12.2. The van der Waals surface area contributed by atoms with Crippen LogP contribution in [-0.4, -0.2) is 0 Å². The van der Waals surface area contributed by atoms with Crippen molar-refractivity contribution in [2.75, 3.05) is 0 Å². The molecule has 0 aliphatic rings. The minimum atomic E-state index is 0.381. The summed E-state index contributed by atoms with van der Waals surface area (Å²) in [5, 5.41) is 0. The third kappa shape index (κ3) is 6.88. The second-order valence-electron chi connectivity index (χ2n) is 6.30. The van der Waals surface area contributed by atoms with E-state index in [1.807, 2.05) is 36.4 Å². The van der Waals surface area contributed by atoms with Crippen LogP contribution in [0.5, 0.6) is 0 Å². The summed E-state index contributed by atoms with van der Waals surface area (Å²) in [5.41, 5.74) is 2.30. The largest absolute Gasteiger partial charge is 0.485 e. The van der Waals surface area contributed by atoms with E-state index in [0.717, 1.165) is 29.1 Å². The van der Waals surface area contributed by atoms with E-state index in [2.05, 4.69) is 57.2 Å². The fraction of sp³-hybridized carbons (Fsp3) is 0.304. The lowest BCUT2D eigenvalue weighted by Gasteiger charge is -2.17. The van der Waals surface area contributed by atoms with Crippen LogP contribution in [0.15, 0.2) is 84.3 Å². The summed E-state index contributed by atoms with van der Waals surface area (Å²) in [5.74, 6) is 2.01. The predicted molar refractivity (Wildman–Crippen MR) is 104 cm³/mol. The summed E-state index contributed by atoms with van der Waals surface area (Å²) in [7, 11) is 0. The van der Waals surface area contributed by atoms with Gasteiger partial charge in [0.25, 0.3) is 0 Å². The Bertz CT molecular complexity index is 670. The fourth-order valence-electron chi connectivity index (χ4n) is 2.39. The van der Waals surface area contributed by atoms with Gasteiger partial charge in [0.05, 0.1) is 0 Å². The lowest BCUT2D eigenvalue weighted by molar-refractivity contribution is 0.134. The van der Waals surface area contributed by atoms with Crippen LogP contribution in [0, 0.1) is 5.92 Å². The van der Waals surface area contributed by atoms with Gasteiger partial charge in [0, 0.05) is 0 Å². The van der Waals surface area contributed by atoms with E-state index in [9.17, 15) is 0 Å². The van der Waals surface area contributed by atoms with Crippen LogP contribution >= 0.6 is 0 Å². The number of hydrogen-bond acceptors (Lipinski definition) is 2. The van der Waals surface area contributed by atoms with Crippen molar-refractivity contribution in [3.8, 4) is 0 Å². The zero-order chi connectivity index (χ0) is 17.9. The maximum atomic E-state index is 6.11. The Morgan fingerprint density at radius 3 is 1.72 bits per heavy atom. The van der Waals surface area contributed by atoms with Gasteiger partial charge in [-0.15, -0.1) is 0 Å². The van der Waals surface area contributed by atoms with Gasteiger partial charge in [-0.2, -0.15) is 0 Å². The van der Waals surface area contributed by atoms with Crippen LogP contribution in [0.1, 0.15) is 38.3 Å². The third-order valence-electron chi connectivity index (χ3n) is 3.59. The molecule has 0 bridgehead atoms. The molecule has 0 saturated carbocycles. The van der Waals surface area contributed by atoms with E-state index in [-0.39, 0.29) is 0 Å². The van der Waals surface area contributed by atoms with Crippen LogP contribution in [-0.2, 0) is 22.7 Å². The minimum Gasteiger partial charge on any atom is -0.485 e. The maximum absolute atomic E-state index is 6.11. The highest BCUT2D eigenvalue weighted by Crippen LogP contribution is 2.20. The monoisotopic (exact) mass is 336 g/mol. The van der Waals surface area contributed by atoms with Crippen LogP contribution in [0.4, 0.5) is 0 Å². The summed E-state index contributed by atoms with van der Waals surface area (Å²) in [6, 6.07) is 20.4. The topological polar surface area (TPSA) is 18.5 Å². The van der Waals surface area contributed by atoms with Crippen LogP contribution in [0.25, 0.3) is 0 Å². The Morgan fingerprint density at radius 1 is 0.800 bits per heavy atom. The van der Waals surface area contributed by atoms with Crippen molar-refractivity contribution in [3.05, 3.63) is 95.5 Å². The molecule has 0 amide bonds. The predicted octanol–water partition coefficient (Wildman–Crippen LogP) is 6.25. The molecule has 2 rings (SSSR count). The highest BCUT2D eigenvalue weighted by molar-refractivity contribution is 5.23. The molecule has 0 radical (unpaired) electrons. The van der Waals surface area contributed by atoms with Gasteiger partial charge in [0.15, 0.2) is 11.5 Å². The molecule has 2 nitrogen and oxygen atoms in total. The smallest absolute Gasteiger partial charge is 0.157 e. The van der Waals surface area contributed by atoms with Crippen molar-refractivity contribution < 1.29 is 9.47 Å². The Labute approximate surface area is 151 Å². The van der Waals surface area contributed by atoms with Crippen molar-refractivity contribution in [1.82, 2.24) is 0 Å². The number of benzene rings is 2. The summed E-state index contributed by atoms with van der Waals surface area (Å²) >= 11 is 0. The van der Waals surface area contributed by atoms with Gasteiger partial charge in [0.1, 0.15) is 13.2 Å². The molecular formula is C23H28O2. The molecule has 0 N–H and O–H groups in total. The molecule has 132 valence electrons. The summed E-state index contributed by atoms with van der Waals surface area (Å²) in [6.07, 6.45) is 5.10. The molecule has 0 saturated heterocycles. The van der Waals surface area contributed by atoms with Gasteiger partial charge in [-0.05, 0) is 35.6 Å². The maximum Gasteiger partial charge on any atom is 0.157 e. The summed E-state index contributed by atoms with van der Waals surface area (Å²) < 4.78 is 12.2. The number of rotatable bonds is 9. The van der Waals surface area contributed by atoms with Gasteiger partial charge >= 0.3 is 0 Å². The Morgan fingerprint density at radius 2 is 1.28 bits per heavy atom. The van der Waals surface area contributed by atoms with Crippen molar-refractivity contribution in [2.45, 2.75) is 40.4 Å². The van der Waals surface area contributed by atoms with E-state index < -0.39 is 0 Å². The highest BCUT2D eigenvalue weighted by Gasteiger charge is 2.10. The molecule has 0 fully saturated rings. The normalized spacial score (nSPS) is 12.3. The molecule has 2 aromatic rings. The summed E-state index contributed by atoms with van der Waals surface area (Å²) in [4.78, 5) is 0. The van der Waals surface area contributed by atoms with E-state index >= 15 is 0 Å². The van der Waals surface area contributed by atoms with Gasteiger partial charge in [-0.3, -0.25) is 0 Å². The zero-order valence-corrected chi connectivity index (χ0v) is 15.4. The van der Waals surface area contributed by atoms with E-state index in [1.165, 1.54) is 0 Å². The molecule has 0 aliphatic carbocycles. The van der Waals surface area contributed by atoms with Crippen LogP contribution < -0.4 is 0 Å². The molecular weight excluding hydrogens is 308 g/mol. The van der Waals surface area contributed by atoms with Crippen LogP contribution in [0.3, 0.4) is 0 Å². The molecule has 0 unspecified atom stereocenters. The van der Waals surface area contributed by atoms with Crippen molar-refractivity contribution >= 4 is 0 Å². The first kappa shape index (κ1) is 18.9. The molecule has 0 aromatic heterocycles. The number of allylic oxidation sites excluding steroid dienone is 2. The van der Waals surface area contributed by atoms with Crippen molar-refractivity contribution in [1.29, 1.82) is 0 Å². The van der Waals surface area contributed by atoms with Crippen molar-refractivity contribution in [2.24, 2.45) is 5.92 Å². The quantitative estimate of drug-likeness (QED) is 0.398. The van der Waals surface area contributed by atoms with E-state index in [1.54, 1.807) is 0 Å². The second-order valence-corrected chi connectivity index (χ2v) is 6.30. The average molecular weight is 336 g/mol. The first-order valence-corrected chi connectivity index (χ1v) is 8.94. The highest BCUT2D eigenvalue weighted by atomic mass is 16.5. The standard InChI is InChI=1S/C23H28O2/c1-4-11-22(24-17-20-12-7-5-8-13-20)23(16-19(2)3)25-18-21-14-9-6-10-15-21/h5-16,19H,4,17-18H2,1-3H3/b22-11+,23-16+. The Balaban J connectivity index is 2.09. The molecule has 2 aromatic carbocycles. The van der Waals surface area contributed by atoms with Crippen molar-refractivity contribution in [3.63, 3.8) is 0 Å². The van der Waals surface area contributed by atoms with Gasteiger partial charge in [-0.1, -0.05) is 81.4 Å². The second kappa shape index (κ2) is 10.4. The molecule has 2 heteroatoms. The lowest BCUT2D eigenvalue weighted by atomic mass is 10.1. The molecule has 0 aliphatic heterocycles. The van der Waals surface area contributed by atoms with Gasteiger partial charge in [-0.25, -0.2) is 0 Å². The molecule has 0 atom stereocenters. The Hall–Kier alpha value is -2.48. The van der Waals surface area contributed by atoms with E-state index in [0.29, 0.717) is 19.1 Å². The lowest BCUT2D eigenvalue weighted by Crippen LogP contribution is -2.03. The SMILES string of the molecule is CC/C=C(OCc1ccccc1)\C(=C/C(C)C)OCc1ccccc1. The first-order valence-electron chi connectivity index (χ1n) is 8.94. The number of ether oxygens (including phenoxy) is 2. The Kier molecular flexibility index (Phi) is 7.84. The molecule has 25 heavy (non-hydrogen) atoms. The van der Waals surface area contributed by atoms with E-state index in [4.69, 9.17) is 9.47 Å². The molecule has 0 heterocycles.